The van der Waals surface area contributed by atoms with Gasteiger partial charge < -0.3 is 14.8 Å². The SMILES string of the molecule is CC(C)(Sc1ccc(CCNCc2ccco2)cc1)C(=O)O. The van der Waals surface area contributed by atoms with Crippen LogP contribution in [0.2, 0.25) is 0 Å². The van der Waals surface area contributed by atoms with E-state index < -0.39 is 10.7 Å². The Balaban J connectivity index is 1.78. The fourth-order valence-electron chi connectivity index (χ4n) is 1.92. The molecular formula is C17H21NO3S. The summed E-state index contributed by atoms with van der Waals surface area (Å²) in [5.41, 5.74) is 1.23. The number of nitrogens with one attached hydrogen (secondary N) is 1. The summed E-state index contributed by atoms with van der Waals surface area (Å²) in [5, 5.41) is 12.5. The zero-order chi connectivity index (χ0) is 16.0. The monoisotopic (exact) mass is 319 g/mol. The van der Waals surface area contributed by atoms with Gasteiger partial charge in [-0.25, -0.2) is 0 Å². The van der Waals surface area contributed by atoms with Crippen LogP contribution in [0.5, 0.6) is 0 Å². The van der Waals surface area contributed by atoms with E-state index in [1.54, 1.807) is 20.1 Å². The Morgan fingerprint density at radius 2 is 2.00 bits per heavy atom. The highest BCUT2D eigenvalue weighted by Crippen LogP contribution is 2.32. The second-order valence-electron chi connectivity index (χ2n) is 5.57. The number of carboxylic acids is 1. The van der Waals surface area contributed by atoms with E-state index >= 15 is 0 Å². The van der Waals surface area contributed by atoms with Gasteiger partial charge in [0.05, 0.1) is 12.8 Å². The number of benzene rings is 1. The van der Waals surface area contributed by atoms with E-state index in [4.69, 9.17) is 9.52 Å². The lowest BCUT2D eigenvalue weighted by Gasteiger charge is -2.18. The summed E-state index contributed by atoms with van der Waals surface area (Å²) in [4.78, 5) is 12.1. The topological polar surface area (TPSA) is 62.5 Å². The number of hydrogen-bond donors (Lipinski definition) is 2. The van der Waals surface area contributed by atoms with Crippen molar-refractivity contribution in [3.63, 3.8) is 0 Å². The first-order valence-electron chi connectivity index (χ1n) is 7.22. The van der Waals surface area contributed by atoms with Gasteiger partial charge in [-0.3, -0.25) is 4.79 Å². The van der Waals surface area contributed by atoms with Crippen LogP contribution in [0, 0.1) is 0 Å². The maximum atomic E-state index is 11.1. The normalized spacial score (nSPS) is 11.5. The second-order valence-corrected chi connectivity index (χ2v) is 7.26. The molecular weight excluding hydrogens is 298 g/mol. The maximum Gasteiger partial charge on any atom is 0.319 e. The maximum absolute atomic E-state index is 11.1. The van der Waals surface area contributed by atoms with Crippen LogP contribution in [-0.4, -0.2) is 22.4 Å². The molecule has 0 saturated heterocycles. The van der Waals surface area contributed by atoms with E-state index in [-0.39, 0.29) is 0 Å². The molecule has 0 radical (unpaired) electrons. The zero-order valence-corrected chi connectivity index (χ0v) is 13.7. The summed E-state index contributed by atoms with van der Waals surface area (Å²) in [6.07, 6.45) is 2.60. The quantitative estimate of drug-likeness (QED) is 0.575. The van der Waals surface area contributed by atoms with Gasteiger partial charge in [0.2, 0.25) is 0 Å². The molecule has 2 N–H and O–H groups in total. The Hall–Kier alpha value is -1.72. The van der Waals surface area contributed by atoms with Crippen molar-refractivity contribution >= 4 is 17.7 Å². The van der Waals surface area contributed by atoms with Crippen LogP contribution in [0.4, 0.5) is 0 Å². The molecule has 0 spiro atoms. The van der Waals surface area contributed by atoms with Gasteiger partial charge in [0.25, 0.3) is 0 Å². The summed E-state index contributed by atoms with van der Waals surface area (Å²) in [5.74, 6) is 0.131. The van der Waals surface area contributed by atoms with Gasteiger partial charge in [0, 0.05) is 4.90 Å². The van der Waals surface area contributed by atoms with Crippen molar-refractivity contribution in [2.45, 2.75) is 36.5 Å². The number of carbonyl (C=O) groups is 1. The average molecular weight is 319 g/mol. The summed E-state index contributed by atoms with van der Waals surface area (Å²) in [6.45, 7) is 5.03. The molecule has 0 amide bonds. The smallest absolute Gasteiger partial charge is 0.319 e. The largest absolute Gasteiger partial charge is 0.480 e. The molecule has 0 bridgehead atoms. The number of thioether (sulfide) groups is 1. The van der Waals surface area contributed by atoms with Gasteiger partial charge in [-0.15, -0.1) is 11.8 Å². The van der Waals surface area contributed by atoms with Gasteiger partial charge in [-0.1, -0.05) is 12.1 Å². The molecule has 118 valence electrons. The zero-order valence-electron chi connectivity index (χ0n) is 12.8. The first-order chi connectivity index (χ1) is 10.5. The molecule has 1 heterocycles. The van der Waals surface area contributed by atoms with Gasteiger partial charge in [-0.2, -0.15) is 0 Å². The van der Waals surface area contributed by atoms with Crippen molar-refractivity contribution < 1.29 is 14.3 Å². The standard InChI is InChI=1S/C17H21NO3S/c1-17(2,16(19)20)22-15-7-5-13(6-8-15)9-10-18-12-14-4-3-11-21-14/h3-8,11,18H,9-10,12H2,1-2H3,(H,19,20). The van der Waals surface area contributed by atoms with Gasteiger partial charge in [0.1, 0.15) is 10.5 Å². The molecule has 1 aromatic heterocycles. The van der Waals surface area contributed by atoms with Crippen molar-refractivity contribution in [1.29, 1.82) is 0 Å². The number of carboxylic acid groups (broad SMARTS) is 1. The first kappa shape index (κ1) is 16.6. The minimum absolute atomic E-state index is 0.730. The van der Waals surface area contributed by atoms with Crippen LogP contribution in [0.15, 0.2) is 52.0 Å². The van der Waals surface area contributed by atoms with Gasteiger partial charge in [-0.05, 0) is 56.6 Å². The minimum Gasteiger partial charge on any atom is -0.480 e. The van der Waals surface area contributed by atoms with Gasteiger partial charge in [0.15, 0.2) is 0 Å². The van der Waals surface area contributed by atoms with E-state index in [0.29, 0.717) is 0 Å². The molecule has 4 nitrogen and oxygen atoms in total. The molecule has 0 aliphatic carbocycles. The number of aliphatic carboxylic acids is 1. The van der Waals surface area contributed by atoms with Crippen molar-refractivity contribution in [2.75, 3.05) is 6.54 Å². The van der Waals surface area contributed by atoms with Crippen LogP contribution in [0.3, 0.4) is 0 Å². The van der Waals surface area contributed by atoms with Crippen LogP contribution >= 0.6 is 11.8 Å². The Bertz CT molecular complexity index is 591. The minimum atomic E-state index is -0.813. The molecule has 1 aromatic carbocycles. The van der Waals surface area contributed by atoms with E-state index in [9.17, 15) is 4.79 Å². The fourth-order valence-corrected chi connectivity index (χ4v) is 2.87. The Labute approximate surface area is 134 Å². The highest BCUT2D eigenvalue weighted by atomic mass is 32.2. The van der Waals surface area contributed by atoms with Crippen molar-refractivity contribution in [1.82, 2.24) is 5.32 Å². The molecule has 2 rings (SSSR count). The molecule has 2 aromatic rings. The predicted molar refractivity (Wildman–Crippen MR) is 88.1 cm³/mol. The lowest BCUT2D eigenvalue weighted by molar-refractivity contribution is -0.138. The third-order valence-electron chi connectivity index (χ3n) is 3.28. The van der Waals surface area contributed by atoms with E-state index in [1.165, 1.54) is 17.3 Å². The van der Waals surface area contributed by atoms with Crippen molar-refractivity contribution in [2.24, 2.45) is 0 Å². The lowest BCUT2D eigenvalue weighted by atomic mass is 10.1. The highest BCUT2D eigenvalue weighted by molar-refractivity contribution is 8.01. The number of furan rings is 1. The first-order valence-corrected chi connectivity index (χ1v) is 8.03. The fraction of sp³-hybridized carbons (Fsp3) is 0.353. The number of hydrogen-bond acceptors (Lipinski definition) is 4. The Kier molecular flexibility index (Phi) is 5.69. The Morgan fingerprint density at radius 1 is 1.27 bits per heavy atom. The third-order valence-corrected chi connectivity index (χ3v) is 4.47. The molecule has 0 aliphatic rings. The average Bonchev–Trinajstić information content (AvgIpc) is 2.98. The number of rotatable bonds is 8. The van der Waals surface area contributed by atoms with Gasteiger partial charge >= 0.3 is 5.97 Å². The second kappa shape index (κ2) is 7.51. The van der Waals surface area contributed by atoms with E-state index in [0.717, 1.165) is 30.2 Å². The highest BCUT2D eigenvalue weighted by Gasteiger charge is 2.28. The van der Waals surface area contributed by atoms with E-state index in [2.05, 4.69) is 17.4 Å². The molecule has 22 heavy (non-hydrogen) atoms. The van der Waals surface area contributed by atoms with Crippen molar-refractivity contribution in [3.05, 3.63) is 54.0 Å². The summed E-state index contributed by atoms with van der Waals surface area (Å²) < 4.78 is 4.44. The Morgan fingerprint density at radius 3 is 2.59 bits per heavy atom. The van der Waals surface area contributed by atoms with Crippen LogP contribution in [-0.2, 0) is 17.8 Å². The molecule has 5 heteroatoms. The molecule has 0 fully saturated rings. The molecule has 0 saturated carbocycles. The van der Waals surface area contributed by atoms with Crippen LogP contribution in [0.1, 0.15) is 25.2 Å². The molecule has 0 unspecified atom stereocenters. The third kappa shape index (κ3) is 4.93. The summed E-state index contributed by atoms with van der Waals surface area (Å²) in [6, 6.07) is 11.9. The summed E-state index contributed by atoms with van der Waals surface area (Å²) >= 11 is 1.36. The van der Waals surface area contributed by atoms with Crippen LogP contribution < -0.4 is 5.32 Å². The van der Waals surface area contributed by atoms with Crippen molar-refractivity contribution in [3.8, 4) is 0 Å². The van der Waals surface area contributed by atoms with E-state index in [1.807, 2.05) is 24.3 Å². The van der Waals surface area contributed by atoms with Crippen LogP contribution in [0.25, 0.3) is 0 Å². The molecule has 0 aliphatic heterocycles. The summed E-state index contributed by atoms with van der Waals surface area (Å²) in [7, 11) is 0. The predicted octanol–water partition coefficient (Wildman–Crippen LogP) is 3.57. The molecule has 0 atom stereocenters. The lowest BCUT2D eigenvalue weighted by Crippen LogP contribution is -2.26.